The minimum absolute atomic E-state index is 0.0470. The van der Waals surface area contributed by atoms with Gasteiger partial charge in [0.15, 0.2) is 0 Å². The predicted octanol–water partition coefficient (Wildman–Crippen LogP) is 3.06. The molecule has 1 aliphatic carbocycles. The number of aromatic nitrogens is 4. The molecule has 0 aromatic carbocycles. The van der Waals surface area contributed by atoms with Crippen molar-refractivity contribution in [2.75, 3.05) is 19.6 Å². The fourth-order valence-electron chi connectivity index (χ4n) is 5.40. The third-order valence-corrected chi connectivity index (χ3v) is 7.47. The van der Waals surface area contributed by atoms with E-state index in [1.807, 2.05) is 11.6 Å². The van der Waals surface area contributed by atoms with Gasteiger partial charge < -0.3 is 19.6 Å². The van der Waals surface area contributed by atoms with E-state index in [-0.39, 0.29) is 11.8 Å². The fourth-order valence-corrected chi connectivity index (χ4v) is 5.40. The Labute approximate surface area is 190 Å². The number of nitrogens with zero attached hydrogens (tertiary/aromatic N) is 5. The predicted molar refractivity (Wildman–Crippen MR) is 122 cm³/mol. The van der Waals surface area contributed by atoms with Gasteiger partial charge in [0.25, 0.3) is 5.89 Å². The molecule has 2 N–H and O–H groups in total. The highest BCUT2D eigenvalue weighted by atomic mass is 16.4. The van der Waals surface area contributed by atoms with Crippen molar-refractivity contribution in [1.29, 1.82) is 0 Å². The van der Waals surface area contributed by atoms with Gasteiger partial charge in [-0.2, -0.15) is 0 Å². The molecular formula is C24H36N6O2. The van der Waals surface area contributed by atoms with Crippen molar-refractivity contribution in [3.8, 4) is 11.6 Å². The van der Waals surface area contributed by atoms with E-state index in [9.17, 15) is 4.79 Å². The Bertz CT molecular complexity index is 953. The summed E-state index contributed by atoms with van der Waals surface area (Å²) in [6.07, 6.45) is 9.63. The zero-order chi connectivity index (χ0) is 22.8. The van der Waals surface area contributed by atoms with Crippen molar-refractivity contribution < 1.29 is 9.21 Å². The Balaban J connectivity index is 1.42. The van der Waals surface area contributed by atoms with Crippen molar-refractivity contribution in [2.45, 2.75) is 46.5 Å². The lowest BCUT2D eigenvalue weighted by atomic mass is 9.69. The lowest BCUT2D eigenvalue weighted by Gasteiger charge is -2.40. The van der Waals surface area contributed by atoms with Crippen molar-refractivity contribution in [3.05, 3.63) is 30.1 Å². The molecule has 2 aliphatic rings. The van der Waals surface area contributed by atoms with E-state index in [0.29, 0.717) is 35.5 Å². The number of allylic oxidation sites excluding steroid dienone is 1. The van der Waals surface area contributed by atoms with Crippen LogP contribution < -0.4 is 5.73 Å². The standard InChI is InChI=1S/C24H36N6O2/c1-15(2)20-10-18(11-22-27-28-24(32-22)21-12-26-14-29(21)4)16(3)9-19(20)13-30-7-5-17(6-8-30)23(25)31/h9,12,14-15,17-20H,5-8,10-11,13H2,1-4H3,(H2,25,31). The van der Waals surface area contributed by atoms with Crippen molar-refractivity contribution >= 4 is 5.91 Å². The van der Waals surface area contributed by atoms with Gasteiger partial charge in [-0.15, -0.1) is 10.2 Å². The van der Waals surface area contributed by atoms with E-state index < -0.39 is 0 Å². The summed E-state index contributed by atoms with van der Waals surface area (Å²) in [6, 6.07) is 0. The molecule has 174 valence electrons. The van der Waals surface area contributed by atoms with Crippen LogP contribution in [0.3, 0.4) is 0 Å². The monoisotopic (exact) mass is 440 g/mol. The molecular weight excluding hydrogens is 404 g/mol. The van der Waals surface area contributed by atoms with Crippen LogP contribution in [-0.4, -0.2) is 50.2 Å². The maximum Gasteiger partial charge on any atom is 0.265 e. The van der Waals surface area contributed by atoms with Crippen LogP contribution in [0.4, 0.5) is 0 Å². The molecule has 1 aliphatic heterocycles. The summed E-state index contributed by atoms with van der Waals surface area (Å²) < 4.78 is 7.86. The number of hydrogen-bond donors (Lipinski definition) is 1. The molecule has 1 fully saturated rings. The molecule has 0 bridgehead atoms. The van der Waals surface area contributed by atoms with Crippen molar-refractivity contribution in [3.63, 3.8) is 0 Å². The van der Waals surface area contributed by atoms with Gasteiger partial charge >= 0.3 is 0 Å². The fraction of sp³-hybridized carbons (Fsp3) is 0.667. The molecule has 0 saturated carbocycles. The number of carbonyl (C=O) groups is 1. The largest absolute Gasteiger partial charge is 0.419 e. The average molecular weight is 441 g/mol. The van der Waals surface area contributed by atoms with Gasteiger partial charge in [0, 0.05) is 25.9 Å². The average Bonchev–Trinajstić information content (AvgIpc) is 3.38. The molecule has 4 rings (SSSR count). The first-order valence-electron chi connectivity index (χ1n) is 11.8. The Morgan fingerprint density at radius 1 is 1.28 bits per heavy atom. The molecule has 32 heavy (non-hydrogen) atoms. The van der Waals surface area contributed by atoms with E-state index in [0.717, 1.165) is 51.0 Å². The van der Waals surface area contributed by atoms with Crippen LogP contribution in [0.1, 0.15) is 45.9 Å². The van der Waals surface area contributed by atoms with Crippen LogP contribution in [0, 0.1) is 29.6 Å². The number of primary amides is 1. The van der Waals surface area contributed by atoms with Gasteiger partial charge in [0.1, 0.15) is 5.69 Å². The summed E-state index contributed by atoms with van der Waals surface area (Å²) in [6.45, 7) is 9.88. The molecule has 8 heteroatoms. The molecule has 1 amide bonds. The summed E-state index contributed by atoms with van der Waals surface area (Å²) in [4.78, 5) is 18.1. The Kier molecular flexibility index (Phi) is 6.79. The smallest absolute Gasteiger partial charge is 0.265 e. The molecule has 3 atom stereocenters. The Morgan fingerprint density at radius 2 is 2.03 bits per heavy atom. The highest BCUT2D eigenvalue weighted by molar-refractivity contribution is 5.76. The van der Waals surface area contributed by atoms with Gasteiger partial charge in [-0.3, -0.25) is 4.79 Å². The molecule has 0 spiro atoms. The minimum atomic E-state index is -0.145. The molecule has 8 nitrogen and oxygen atoms in total. The second-order valence-corrected chi connectivity index (χ2v) is 9.99. The van der Waals surface area contributed by atoms with E-state index in [1.54, 1.807) is 12.5 Å². The van der Waals surface area contributed by atoms with Crippen LogP contribution >= 0.6 is 0 Å². The van der Waals surface area contributed by atoms with Crippen LogP contribution in [0.15, 0.2) is 28.6 Å². The van der Waals surface area contributed by atoms with E-state index in [4.69, 9.17) is 10.2 Å². The quantitative estimate of drug-likeness (QED) is 0.664. The third kappa shape index (κ3) is 4.95. The number of nitrogens with two attached hydrogens (primary N) is 1. The SMILES string of the molecule is CC1=CC(CN2CCC(C(N)=O)CC2)C(C(C)C)CC1Cc1nnc(-c2cncn2C)o1. The van der Waals surface area contributed by atoms with Gasteiger partial charge in [0.05, 0.1) is 12.5 Å². The summed E-state index contributed by atoms with van der Waals surface area (Å²) in [5.41, 5.74) is 7.75. The van der Waals surface area contributed by atoms with Crippen molar-refractivity contribution in [1.82, 2.24) is 24.6 Å². The number of hydrogen-bond acceptors (Lipinski definition) is 6. The number of piperidine rings is 1. The highest BCUT2D eigenvalue weighted by Gasteiger charge is 2.34. The Morgan fingerprint density at radius 3 is 2.66 bits per heavy atom. The second-order valence-electron chi connectivity index (χ2n) is 9.99. The first-order valence-corrected chi connectivity index (χ1v) is 11.8. The normalized spacial score (nSPS) is 25.3. The number of carbonyl (C=O) groups excluding carboxylic acids is 1. The van der Waals surface area contributed by atoms with E-state index in [2.05, 4.69) is 46.9 Å². The summed E-state index contributed by atoms with van der Waals surface area (Å²) in [7, 11) is 1.92. The minimum Gasteiger partial charge on any atom is -0.419 e. The maximum atomic E-state index is 11.5. The summed E-state index contributed by atoms with van der Waals surface area (Å²) >= 11 is 0. The lowest BCUT2D eigenvalue weighted by Crippen LogP contribution is -2.43. The number of amides is 1. The van der Waals surface area contributed by atoms with E-state index >= 15 is 0 Å². The van der Waals surface area contributed by atoms with E-state index in [1.165, 1.54) is 5.57 Å². The topological polar surface area (TPSA) is 103 Å². The Hall–Kier alpha value is -2.48. The summed E-state index contributed by atoms with van der Waals surface area (Å²) in [5, 5.41) is 8.55. The third-order valence-electron chi connectivity index (χ3n) is 7.47. The van der Waals surface area contributed by atoms with Crippen molar-refractivity contribution in [2.24, 2.45) is 42.4 Å². The van der Waals surface area contributed by atoms with Gasteiger partial charge in [-0.05, 0) is 62.9 Å². The molecule has 0 radical (unpaired) electrons. The van der Waals surface area contributed by atoms with Gasteiger partial charge in [-0.1, -0.05) is 25.5 Å². The number of imidazole rings is 1. The molecule has 3 heterocycles. The zero-order valence-corrected chi connectivity index (χ0v) is 19.7. The number of rotatable bonds is 7. The van der Waals surface area contributed by atoms with Gasteiger partial charge in [0.2, 0.25) is 11.8 Å². The first-order chi connectivity index (χ1) is 15.3. The second kappa shape index (κ2) is 9.57. The zero-order valence-electron chi connectivity index (χ0n) is 19.7. The summed E-state index contributed by atoms with van der Waals surface area (Å²) in [5.74, 6) is 3.27. The lowest BCUT2D eigenvalue weighted by molar-refractivity contribution is -0.123. The van der Waals surface area contributed by atoms with Crippen LogP contribution in [-0.2, 0) is 18.3 Å². The molecule has 2 aromatic heterocycles. The number of likely N-dealkylation sites (tertiary alicyclic amines) is 1. The molecule has 2 aromatic rings. The first kappa shape index (κ1) is 22.7. The number of aryl methyl sites for hydroxylation is 1. The van der Waals surface area contributed by atoms with Crippen LogP contribution in [0.5, 0.6) is 0 Å². The molecule has 3 unspecified atom stereocenters. The highest BCUT2D eigenvalue weighted by Crippen LogP contribution is 2.39. The maximum absolute atomic E-state index is 11.5. The van der Waals surface area contributed by atoms with Crippen LogP contribution in [0.25, 0.3) is 11.6 Å². The molecule has 1 saturated heterocycles. The van der Waals surface area contributed by atoms with Crippen LogP contribution in [0.2, 0.25) is 0 Å². The van der Waals surface area contributed by atoms with Gasteiger partial charge in [-0.25, -0.2) is 4.98 Å².